The summed E-state index contributed by atoms with van der Waals surface area (Å²) in [4.78, 5) is 14.0. The van der Waals surface area contributed by atoms with Gasteiger partial charge in [-0.15, -0.1) is 11.3 Å². The minimum Gasteiger partial charge on any atom is -0.338 e. The van der Waals surface area contributed by atoms with Crippen LogP contribution in [0.15, 0.2) is 15.9 Å². The molecule has 1 saturated heterocycles. The lowest BCUT2D eigenvalue weighted by Gasteiger charge is -2.31. The molecule has 0 bridgehead atoms. The molecule has 16 heavy (non-hydrogen) atoms. The first kappa shape index (κ1) is 12.0. The van der Waals surface area contributed by atoms with E-state index in [-0.39, 0.29) is 31.8 Å². The molecular formula is C10H10BrF2NOS. The number of amides is 1. The zero-order valence-electron chi connectivity index (χ0n) is 8.38. The topological polar surface area (TPSA) is 20.3 Å². The quantitative estimate of drug-likeness (QED) is 0.779. The van der Waals surface area contributed by atoms with Gasteiger partial charge in [-0.25, -0.2) is 8.78 Å². The standard InChI is InChI=1S/C10H10BrF2NOS/c11-7-5-8(16-6-7)9(15)14-3-1-10(12,13)2-4-14/h5-6H,1-4H2. The van der Waals surface area contributed by atoms with E-state index in [4.69, 9.17) is 0 Å². The Morgan fingerprint density at radius 3 is 2.56 bits per heavy atom. The molecule has 1 aromatic heterocycles. The third-order valence-corrected chi connectivity index (χ3v) is 4.24. The van der Waals surface area contributed by atoms with Crippen molar-refractivity contribution in [2.24, 2.45) is 0 Å². The van der Waals surface area contributed by atoms with E-state index in [0.29, 0.717) is 4.88 Å². The highest BCUT2D eigenvalue weighted by Crippen LogP contribution is 2.29. The summed E-state index contributed by atoms with van der Waals surface area (Å²) in [7, 11) is 0. The molecule has 0 aliphatic carbocycles. The lowest BCUT2D eigenvalue weighted by atomic mass is 10.1. The van der Waals surface area contributed by atoms with Crippen molar-refractivity contribution in [2.75, 3.05) is 13.1 Å². The molecule has 6 heteroatoms. The van der Waals surface area contributed by atoms with Crippen LogP contribution in [0.5, 0.6) is 0 Å². The number of rotatable bonds is 1. The van der Waals surface area contributed by atoms with Crippen molar-refractivity contribution in [1.29, 1.82) is 0 Å². The Morgan fingerprint density at radius 2 is 2.06 bits per heavy atom. The normalized spacial score (nSPS) is 19.8. The van der Waals surface area contributed by atoms with Crippen LogP contribution in [0.1, 0.15) is 22.5 Å². The van der Waals surface area contributed by atoms with Crippen molar-refractivity contribution in [3.8, 4) is 0 Å². The van der Waals surface area contributed by atoms with Crippen molar-refractivity contribution < 1.29 is 13.6 Å². The van der Waals surface area contributed by atoms with Gasteiger partial charge in [0.25, 0.3) is 11.8 Å². The summed E-state index contributed by atoms with van der Waals surface area (Å²) in [5, 5.41) is 1.81. The van der Waals surface area contributed by atoms with Gasteiger partial charge in [0.2, 0.25) is 0 Å². The average molecular weight is 310 g/mol. The highest BCUT2D eigenvalue weighted by Gasteiger charge is 2.35. The zero-order valence-corrected chi connectivity index (χ0v) is 10.8. The first-order chi connectivity index (χ1) is 7.48. The fourth-order valence-electron chi connectivity index (χ4n) is 1.62. The zero-order chi connectivity index (χ0) is 11.8. The third kappa shape index (κ3) is 2.60. The van der Waals surface area contributed by atoms with Crippen LogP contribution in [0.25, 0.3) is 0 Å². The maximum absolute atomic E-state index is 12.9. The van der Waals surface area contributed by atoms with Gasteiger partial charge in [-0.2, -0.15) is 0 Å². The number of alkyl halides is 2. The van der Waals surface area contributed by atoms with Gasteiger partial charge < -0.3 is 4.90 Å². The molecule has 0 saturated carbocycles. The number of thiophene rings is 1. The number of carbonyl (C=O) groups excluding carboxylic acids is 1. The summed E-state index contributed by atoms with van der Waals surface area (Å²) < 4.78 is 26.7. The average Bonchev–Trinajstić information content (AvgIpc) is 2.64. The number of halogens is 3. The number of hydrogen-bond donors (Lipinski definition) is 0. The Kier molecular flexibility index (Phi) is 3.30. The second kappa shape index (κ2) is 4.41. The Hall–Kier alpha value is -0.490. The van der Waals surface area contributed by atoms with Crippen LogP contribution < -0.4 is 0 Å². The van der Waals surface area contributed by atoms with Gasteiger partial charge >= 0.3 is 0 Å². The number of likely N-dealkylation sites (tertiary alicyclic amines) is 1. The second-order valence-corrected chi connectivity index (χ2v) is 5.60. The molecule has 2 heterocycles. The van der Waals surface area contributed by atoms with Crippen molar-refractivity contribution >= 4 is 33.2 Å². The largest absolute Gasteiger partial charge is 0.338 e. The minimum absolute atomic E-state index is 0.140. The Balaban J connectivity index is 2.02. The van der Waals surface area contributed by atoms with Gasteiger partial charge in [0.15, 0.2) is 0 Å². The maximum Gasteiger partial charge on any atom is 0.263 e. The van der Waals surface area contributed by atoms with Crippen molar-refractivity contribution in [2.45, 2.75) is 18.8 Å². The van der Waals surface area contributed by atoms with E-state index < -0.39 is 5.92 Å². The van der Waals surface area contributed by atoms with Crippen LogP contribution in [0.2, 0.25) is 0 Å². The van der Waals surface area contributed by atoms with Crippen LogP contribution >= 0.6 is 27.3 Å². The number of nitrogens with zero attached hydrogens (tertiary/aromatic N) is 1. The van der Waals surface area contributed by atoms with Crippen molar-refractivity contribution in [3.63, 3.8) is 0 Å². The molecule has 0 atom stereocenters. The molecular weight excluding hydrogens is 300 g/mol. The van der Waals surface area contributed by atoms with E-state index >= 15 is 0 Å². The van der Waals surface area contributed by atoms with Crippen LogP contribution in [-0.2, 0) is 0 Å². The van der Waals surface area contributed by atoms with E-state index in [1.165, 1.54) is 16.2 Å². The Labute approximate surface area is 104 Å². The maximum atomic E-state index is 12.9. The molecule has 0 N–H and O–H groups in total. The molecule has 2 rings (SSSR count). The first-order valence-electron chi connectivity index (χ1n) is 4.89. The number of carbonyl (C=O) groups is 1. The molecule has 1 amide bonds. The smallest absolute Gasteiger partial charge is 0.263 e. The summed E-state index contributed by atoms with van der Waals surface area (Å²) in [5.74, 6) is -2.75. The number of hydrogen-bond acceptors (Lipinski definition) is 2. The van der Waals surface area contributed by atoms with Crippen LogP contribution in [0.3, 0.4) is 0 Å². The van der Waals surface area contributed by atoms with Crippen LogP contribution in [-0.4, -0.2) is 29.8 Å². The van der Waals surface area contributed by atoms with Gasteiger partial charge in [-0.1, -0.05) is 0 Å². The predicted octanol–water partition coefficient (Wildman–Crippen LogP) is 3.38. The lowest BCUT2D eigenvalue weighted by Crippen LogP contribution is -2.42. The van der Waals surface area contributed by atoms with Gasteiger partial charge in [0.05, 0.1) is 4.88 Å². The van der Waals surface area contributed by atoms with Crippen molar-refractivity contribution in [1.82, 2.24) is 4.90 Å². The van der Waals surface area contributed by atoms with Gasteiger partial charge in [-0.3, -0.25) is 4.79 Å². The van der Waals surface area contributed by atoms with E-state index in [1.54, 1.807) is 6.07 Å². The molecule has 1 aliphatic rings. The monoisotopic (exact) mass is 309 g/mol. The fourth-order valence-corrected chi connectivity index (χ4v) is 3.01. The Morgan fingerprint density at radius 1 is 1.44 bits per heavy atom. The summed E-state index contributed by atoms with van der Waals surface area (Å²) >= 11 is 4.59. The molecule has 1 aromatic rings. The van der Waals surface area contributed by atoms with Gasteiger partial charge in [-0.05, 0) is 22.0 Å². The SMILES string of the molecule is O=C(c1cc(Br)cs1)N1CCC(F)(F)CC1. The fraction of sp³-hybridized carbons (Fsp3) is 0.500. The second-order valence-electron chi connectivity index (χ2n) is 3.78. The molecule has 0 spiro atoms. The molecule has 0 unspecified atom stereocenters. The highest BCUT2D eigenvalue weighted by atomic mass is 79.9. The molecule has 0 aromatic carbocycles. The van der Waals surface area contributed by atoms with E-state index in [9.17, 15) is 13.6 Å². The first-order valence-corrected chi connectivity index (χ1v) is 6.56. The molecule has 1 aliphatic heterocycles. The molecule has 1 fully saturated rings. The van der Waals surface area contributed by atoms with Crippen molar-refractivity contribution in [3.05, 3.63) is 20.8 Å². The highest BCUT2D eigenvalue weighted by molar-refractivity contribution is 9.10. The summed E-state index contributed by atoms with van der Waals surface area (Å²) in [6, 6.07) is 1.72. The third-order valence-electron chi connectivity index (χ3n) is 2.56. The van der Waals surface area contributed by atoms with Crippen LogP contribution in [0, 0.1) is 0 Å². The number of piperidine rings is 1. The predicted molar refractivity (Wildman–Crippen MR) is 62.1 cm³/mol. The summed E-state index contributed by atoms with van der Waals surface area (Å²) in [6.45, 7) is 0.280. The van der Waals surface area contributed by atoms with E-state index in [0.717, 1.165) is 4.47 Å². The van der Waals surface area contributed by atoms with E-state index in [1.807, 2.05) is 5.38 Å². The minimum atomic E-state index is -2.60. The summed E-state index contributed by atoms with van der Waals surface area (Å²) in [5.41, 5.74) is 0. The van der Waals surface area contributed by atoms with E-state index in [2.05, 4.69) is 15.9 Å². The molecule has 88 valence electrons. The molecule has 2 nitrogen and oxygen atoms in total. The van der Waals surface area contributed by atoms with Crippen LogP contribution in [0.4, 0.5) is 8.78 Å². The summed E-state index contributed by atoms with van der Waals surface area (Å²) in [6.07, 6.45) is -0.462. The van der Waals surface area contributed by atoms with Gasteiger partial charge in [0.1, 0.15) is 0 Å². The lowest BCUT2D eigenvalue weighted by molar-refractivity contribution is -0.0493. The van der Waals surface area contributed by atoms with Gasteiger partial charge in [0, 0.05) is 35.8 Å². The molecule has 0 radical (unpaired) electrons. The Bertz CT molecular complexity index is 397.